The minimum Gasteiger partial charge on any atom is -0.270 e. The molecule has 6 nitrogen and oxygen atoms in total. The molecule has 4 rings (SSSR count). The first-order valence-corrected chi connectivity index (χ1v) is 11.4. The average molecular weight is 401 g/mol. The van der Waals surface area contributed by atoms with Crippen molar-refractivity contribution in [2.24, 2.45) is 0 Å². The largest absolute Gasteiger partial charge is 0.270 e. The van der Waals surface area contributed by atoms with Crippen molar-refractivity contribution in [1.29, 1.82) is 0 Å². The Bertz CT molecular complexity index is 1080. The Hall–Kier alpha value is -2.19. The molecule has 1 aliphatic heterocycles. The molecule has 0 saturated carbocycles. The van der Waals surface area contributed by atoms with Gasteiger partial charge in [-0.25, -0.2) is 8.42 Å². The smallest absolute Gasteiger partial charge is 0.196 e. The average Bonchev–Trinajstić information content (AvgIpc) is 3.21. The molecule has 1 fully saturated rings. The van der Waals surface area contributed by atoms with Gasteiger partial charge in [-0.3, -0.25) is 9.55 Å². The number of nitrogens with zero attached hydrogens (tertiary/aromatic N) is 4. The van der Waals surface area contributed by atoms with E-state index >= 15 is 0 Å². The molecule has 1 aliphatic rings. The third-order valence-corrected chi connectivity index (χ3v) is 7.83. The normalized spacial score (nSPS) is 18.7. The molecule has 2 aromatic heterocycles. The second-order valence-electron chi connectivity index (χ2n) is 6.81. The Morgan fingerprint density at radius 1 is 1.11 bits per heavy atom. The molecule has 27 heavy (non-hydrogen) atoms. The molecule has 0 N–H and O–H groups in total. The van der Waals surface area contributed by atoms with Crippen LogP contribution in [0.15, 0.2) is 47.9 Å². The maximum Gasteiger partial charge on any atom is 0.196 e. The van der Waals surface area contributed by atoms with E-state index in [2.05, 4.69) is 47.2 Å². The lowest BCUT2D eigenvalue weighted by Gasteiger charge is -2.15. The fraction of sp³-hybridized carbons (Fsp3) is 0.316. The Morgan fingerprint density at radius 2 is 1.89 bits per heavy atom. The summed E-state index contributed by atoms with van der Waals surface area (Å²) in [4.78, 5) is 4.08. The van der Waals surface area contributed by atoms with E-state index in [0.29, 0.717) is 6.42 Å². The molecule has 8 heteroatoms. The third kappa shape index (κ3) is 3.77. The Kier molecular flexibility index (Phi) is 4.77. The van der Waals surface area contributed by atoms with Crippen molar-refractivity contribution in [3.63, 3.8) is 0 Å². The number of sulfone groups is 1. The maximum absolute atomic E-state index is 11.8. The van der Waals surface area contributed by atoms with E-state index in [1.54, 1.807) is 12.4 Å². The lowest BCUT2D eigenvalue weighted by molar-refractivity contribution is 0.602. The van der Waals surface area contributed by atoms with E-state index in [9.17, 15) is 8.42 Å². The molecule has 1 saturated heterocycles. The lowest BCUT2D eigenvalue weighted by atomic mass is 10.1. The molecule has 0 amide bonds. The van der Waals surface area contributed by atoms with Crippen LogP contribution < -0.4 is 0 Å². The number of rotatable bonds is 4. The predicted octanol–water partition coefficient (Wildman–Crippen LogP) is 3.23. The summed E-state index contributed by atoms with van der Waals surface area (Å²) in [6, 6.07) is 10.1. The van der Waals surface area contributed by atoms with Gasteiger partial charge >= 0.3 is 0 Å². The summed E-state index contributed by atoms with van der Waals surface area (Å²) in [7, 11) is -2.94. The van der Waals surface area contributed by atoms with Crippen LogP contribution in [0.4, 0.5) is 0 Å². The van der Waals surface area contributed by atoms with Gasteiger partial charge < -0.3 is 0 Å². The highest BCUT2D eigenvalue weighted by Crippen LogP contribution is 2.34. The molecule has 140 valence electrons. The number of pyridine rings is 1. The van der Waals surface area contributed by atoms with Crippen LogP contribution in [0.5, 0.6) is 0 Å². The Balaban J connectivity index is 1.82. The number of aromatic nitrogens is 4. The molecule has 1 unspecified atom stereocenters. The monoisotopic (exact) mass is 400 g/mol. The van der Waals surface area contributed by atoms with E-state index in [-0.39, 0.29) is 16.8 Å². The zero-order valence-corrected chi connectivity index (χ0v) is 16.8. The predicted molar refractivity (Wildman–Crippen MR) is 107 cm³/mol. The van der Waals surface area contributed by atoms with Gasteiger partial charge in [0.1, 0.15) is 0 Å². The highest BCUT2D eigenvalue weighted by Gasteiger charge is 2.31. The van der Waals surface area contributed by atoms with Gasteiger partial charge in [0.05, 0.1) is 17.2 Å². The van der Waals surface area contributed by atoms with Crippen molar-refractivity contribution in [2.45, 2.75) is 30.7 Å². The van der Waals surface area contributed by atoms with Crippen molar-refractivity contribution in [1.82, 2.24) is 19.7 Å². The Labute approximate surface area is 163 Å². The van der Waals surface area contributed by atoms with Crippen LogP contribution >= 0.6 is 11.8 Å². The van der Waals surface area contributed by atoms with Gasteiger partial charge in [-0.1, -0.05) is 23.9 Å². The Morgan fingerprint density at radius 3 is 2.59 bits per heavy atom. The molecule has 0 bridgehead atoms. The van der Waals surface area contributed by atoms with Gasteiger partial charge in [0, 0.05) is 23.2 Å². The van der Waals surface area contributed by atoms with Gasteiger partial charge in [-0.05, 0) is 49.6 Å². The van der Waals surface area contributed by atoms with Crippen molar-refractivity contribution in [2.75, 3.05) is 11.5 Å². The summed E-state index contributed by atoms with van der Waals surface area (Å²) >= 11 is 1.50. The highest BCUT2D eigenvalue weighted by molar-refractivity contribution is 8.01. The van der Waals surface area contributed by atoms with Crippen molar-refractivity contribution in [3.05, 3.63) is 53.9 Å². The minimum atomic E-state index is -2.94. The summed E-state index contributed by atoms with van der Waals surface area (Å²) in [5, 5.41) is 9.57. The van der Waals surface area contributed by atoms with Crippen molar-refractivity contribution < 1.29 is 8.42 Å². The van der Waals surface area contributed by atoms with Crippen LogP contribution in [-0.4, -0.2) is 44.9 Å². The van der Waals surface area contributed by atoms with E-state index in [0.717, 1.165) is 33.4 Å². The highest BCUT2D eigenvalue weighted by atomic mass is 32.2. The first kappa shape index (κ1) is 18.2. The van der Waals surface area contributed by atoms with E-state index in [4.69, 9.17) is 0 Å². The first-order valence-electron chi connectivity index (χ1n) is 8.73. The minimum absolute atomic E-state index is 0.00774. The molecule has 1 aromatic carbocycles. The number of aryl methyl sites for hydroxylation is 2. The maximum atomic E-state index is 11.8. The van der Waals surface area contributed by atoms with Crippen LogP contribution in [0, 0.1) is 13.8 Å². The van der Waals surface area contributed by atoms with Crippen molar-refractivity contribution >= 4 is 21.6 Å². The molecule has 0 spiro atoms. The van der Waals surface area contributed by atoms with E-state index in [1.165, 1.54) is 11.8 Å². The van der Waals surface area contributed by atoms with Gasteiger partial charge in [-0.2, -0.15) is 0 Å². The quantitative estimate of drug-likeness (QED) is 0.669. The summed E-state index contributed by atoms with van der Waals surface area (Å²) < 4.78 is 25.7. The second kappa shape index (κ2) is 7.09. The van der Waals surface area contributed by atoms with Gasteiger partial charge in [0.2, 0.25) is 0 Å². The molecule has 0 radical (unpaired) electrons. The van der Waals surface area contributed by atoms with Crippen LogP contribution in [0.3, 0.4) is 0 Å². The summed E-state index contributed by atoms with van der Waals surface area (Å²) in [5.41, 5.74) is 4.18. The first-order chi connectivity index (χ1) is 12.9. The summed E-state index contributed by atoms with van der Waals surface area (Å²) in [5.74, 6) is 1.18. The number of hydrogen-bond donors (Lipinski definition) is 0. The van der Waals surface area contributed by atoms with Gasteiger partial charge in [0.15, 0.2) is 20.8 Å². The number of benzene rings is 1. The molecule has 0 aliphatic carbocycles. The lowest BCUT2D eigenvalue weighted by Crippen LogP contribution is -2.09. The molecule has 3 aromatic rings. The standard InChI is InChI=1S/C19H20N4O2S2/c1-13-3-4-14(2)17(11-13)23-18(15-5-8-20-9-6-15)21-22-19(23)26-16-7-10-27(24,25)12-16/h3-6,8-9,11,16H,7,10,12H2,1-2H3. The topological polar surface area (TPSA) is 77.7 Å². The van der Waals surface area contributed by atoms with Crippen LogP contribution in [0.25, 0.3) is 17.1 Å². The zero-order chi connectivity index (χ0) is 19.0. The summed E-state index contributed by atoms with van der Waals surface area (Å²) in [6.45, 7) is 4.11. The van der Waals surface area contributed by atoms with Crippen LogP contribution in [-0.2, 0) is 9.84 Å². The number of thioether (sulfide) groups is 1. The summed E-state index contributed by atoms with van der Waals surface area (Å²) in [6.07, 6.45) is 4.11. The van der Waals surface area contributed by atoms with Gasteiger partial charge in [0.25, 0.3) is 0 Å². The van der Waals surface area contributed by atoms with E-state index in [1.807, 2.05) is 16.7 Å². The molecular formula is C19H20N4O2S2. The number of hydrogen-bond acceptors (Lipinski definition) is 6. The molecule has 3 heterocycles. The molecule has 1 atom stereocenters. The fourth-order valence-corrected chi connectivity index (χ4v) is 6.71. The third-order valence-electron chi connectivity index (χ3n) is 4.64. The van der Waals surface area contributed by atoms with Crippen LogP contribution in [0.2, 0.25) is 0 Å². The van der Waals surface area contributed by atoms with Gasteiger partial charge in [-0.15, -0.1) is 10.2 Å². The zero-order valence-electron chi connectivity index (χ0n) is 15.2. The van der Waals surface area contributed by atoms with E-state index < -0.39 is 9.84 Å². The van der Waals surface area contributed by atoms with Crippen LogP contribution in [0.1, 0.15) is 17.5 Å². The van der Waals surface area contributed by atoms with Crippen molar-refractivity contribution in [3.8, 4) is 17.1 Å². The molecular weight excluding hydrogens is 380 g/mol. The SMILES string of the molecule is Cc1ccc(C)c(-n2c(SC3CCS(=O)(=O)C3)nnc2-c2ccncc2)c1. The fourth-order valence-electron chi connectivity index (χ4n) is 3.21. The second-order valence-corrected chi connectivity index (χ2v) is 10.3.